The third kappa shape index (κ3) is 4.35. The summed E-state index contributed by atoms with van der Waals surface area (Å²) >= 11 is 7.59. The first-order valence-electron chi connectivity index (χ1n) is 8.49. The van der Waals surface area contributed by atoms with Crippen LogP contribution in [-0.2, 0) is 9.84 Å². The minimum absolute atomic E-state index is 0.00833. The van der Waals surface area contributed by atoms with Crippen molar-refractivity contribution >= 4 is 54.0 Å². The molecular weight excluding hydrogens is 418 g/mol. The molecule has 2 aromatic carbocycles. The van der Waals surface area contributed by atoms with Crippen LogP contribution < -0.4 is 4.90 Å². The maximum atomic E-state index is 13.4. The number of thiazole rings is 1. The van der Waals surface area contributed by atoms with Gasteiger partial charge in [0.25, 0.3) is 5.91 Å². The van der Waals surface area contributed by atoms with Crippen LogP contribution in [0.4, 0.5) is 5.13 Å². The average molecular weight is 438 g/mol. The third-order valence-corrected chi connectivity index (χ3v) is 6.63. The van der Waals surface area contributed by atoms with E-state index in [1.54, 1.807) is 18.2 Å². The smallest absolute Gasteiger partial charge is 0.261 e. The van der Waals surface area contributed by atoms with Gasteiger partial charge in [-0.05, 0) is 38.4 Å². The van der Waals surface area contributed by atoms with E-state index in [4.69, 9.17) is 11.6 Å². The molecule has 148 valence electrons. The second-order valence-corrected chi connectivity index (χ2v) is 10.0. The van der Waals surface area contributed by atoms with E-state index < -0.39 is 15.7 Å². The number of rotatable bonds is 6. The highest BCUT2D eigenvalue weighted by Gasteiger charge is 2.26. The van der Waals surface area contributed by atoms with Crippen molar-refractivity contribution in [3.63, 3.8) is 0 Å². The fraction of sp³-hybridized carbons (Fsp3) is 0.263. The van der Waals surface area contributed by atoms with Gasteiger partial charge < -0.3 is 4.90 Å². The molecule has 0 fully saturated rings. The van der Waals surface area contributed by atoms with E-state index in [-0.39, 0.29) is 10.5 Å². The van der Waals surface area contributed by atoms with Crippen LogP contribution in [0, 0.1) is 0 Å². The quantitative estimate of drug-likeness (QED) is 0.589. The van der Waals surface area contributed by atoms with Gasteiger partial charge in [0.05, 0.1) is 20.2 Å². The maximum absolute atomic E-state index is 13.4. The van der Waals surface area contributed by atoms with Crippen molar-refractivity contribution in [3.05, 3.63) is 53.1 Å². The second-order valence-electron chi connectivity index (χ2n) is 6.61. The molecule has 0 bridgehead atoms. The van der Waals surface area contributed by atoms with Crippen LogP contribution in [0.15, 0.2) is 47.4 Å². The molecule has 0 unspecified atom stereocenters. The molecule has 1 heterocycles. The van der Waals surface area contributed by atoms with Crippen LogP contribution in [0.25, 0.3) is 10.2 Å². The van der Waals surface area contributed by atoms with Gasteiger partial charge in [0.2, 0.25) is 0 Å². The molecular formula is C19H20ClN3O3S2. The Kier molecular flexibility index (Phi) is 6.04. The molecule has 0 atom stereocenters. The third-order valence-electron chi connectivity index (χ3n) is 4.12. The number of aromatic nitrogens is 1. The Labute approximate surface area is 173 Å². The monoisotopic (exact) mass is 437 g/mol. The highest BCUT2D eigenvalue weighted by Crippen LogP contribution is 2.33. The molecule has 0 aliphatic heterocycles. The second kappa shape index (κ2) is 8.16. The minimum Gasteiger partial charge on any atom is -0.308 e. The zero-order valence-corrected chi connectivity index (χ0v) is 18.1. The SMILES string of the molecule is CN(C)CCN(C(=O)c1ccccc1S(C)(=O)=O)c1nc2c(Cl)cccc2s1. The van der Waals surface area contributed by atoms with Gasteiger partial charge in [0, 0.05) is 19.3 Å². The number of benzene rings is 2. The number of carbonyl (C=O) groups is 1. The predicted octanol–water partition coefficient (Wildman–Crippen LogP) is 3.56. The van der Waals surface area contributed by atoms with Gasteiger partial charge in [-0.25, -0.2) is 13.4 Å². The molecule has 3 rings (SSSR count). The van der Waals surface area contributed by atoms with E-state index in [1.807, 2.05) is 31.1 Å². The predicted molar refractivity (Wildman–Crippen MR) is 114 cm³/mol. The molecule has 28 heavy (non-hydrogen) atoms. The summed E-state index contributed by atoms with van der Waals surface area (Å²) in [5, 5.41) is 0.995. The summed E-state index contributed by atoms with van der Waals surface area (Å²) in [4.78, 5) is 21.4. The number of fused-ring (bicyclic) bond motifs is 1. The van der Waals surface area contributed by atoms with Crippen molar-refractivity contribution in [2.75, 3.05) is 38.3 Å². The summed E-state index contributed by atoms with van der Waals surface area (Å²) < 4.78 is 25.2. The zero-order valence-electron chi connectivity index (χ0n) is 15.7. The standard InChI is InChI=1S/C19H20ClN3O3S2/c1-22(2)11-12-23(19-21-17-14(20)8-6-9-15(17)27-19)18(24)13-7-4-5-10-16(13)28(3,25)26/h4-10H,11-12H2,1-3H3. The Morgan fingerprint density at radius 1 is 1.11 bits per heavy atom. The lowest BCUT2D eigenvalue weighted by Crippen LogP contribution is -2.37. The molecule has 6 nitrogen and oxygen atoms in total. The molecule has 0 saturated heterocycles. The van der Waals surface area contributed by atoms with Crippen molar-refractivity contribution in [1.82, 2.24) is 9.88 Å². The van der Waals surface area contributed by atoms with Crippen molar-refractivity contribution in [2.45, 2.75) is 4.90 Å². The molecule has 9 heteroatoms. The van der Waals surface area contributed by atoms with Crippen molar-refractivity contribution in [1.29, 1.82) is 0 Å². The molecule has 0 saturated carbocycles. The fourth-order valence-electron chi connectivity index (χ4n) is 2.71. The van der Waals surface area contributed by atoms with Crippen molar-refractivity contribution < 1.29 is 13.2 Å². The highest BCUT2D eigenvalue weighted by molar-refractivity contribution is 7.90. The number of halogens is 1. The van der Waals surface area contributed by atoms with E-state index in [1.165, 1.54) is 28.4 Å². The van der Waals surface area contributed by atoms with Gasteiger partial charge in [0.1, 0.15) is 5.52 Å². The Bertz CT molecular complexity index is 1130. The Balaban J connectivity index is 2.10. The van der Waals surface area contributed by atoms with Crippen LogP contribution >= 0.6 is 22.9 Å². The van der Waals surface area contributed by atoms with Crippen LogP contribution in [0.5, 0.6) is 0 Å². The fourth-order valence-corrected chi connectivity index (χ4v) is 4.89. The number of amides is 1. The topological polar surface area (TPSA) is 70.6 Å². The summed E-state index contributed by atoms with van der Waals surface area (Å²) in [6, 6.07) is 11.7. The van der Waals surface area contributed by atoms with E-state index in [0.717, 1.165) is 11.0 Å². The van der Waals surface area contributed by atoms with Crippen LogP contribution in [-0.4, -0.2) is 57.6 Å². The molecule has 3 aromatic rings. The largest absolute Gasteiger partial charge is 0.308 e. The number of nitrogens with zero attached hydrogens (tertiary/aromatic N) is 3. The van der Waals surface area contributed by atoms with E-state index in [9.17, 15) is 13.2 Å². The lowest BCUT2D eigenvalue weighted by molar-refractivity contribution is 0.0982. The van der Waals surface area contributed by atoms with Crippen molar-refractivity contribution in [3.8, 4) is 0 Å². The van der Waals surface area contributed by atoms with Crippen molar-refractivity contribution in [2.24, 2.45) is 0 Å². The Morgan fingerprint density at radius 3 is 2.46 bits per heavy atom. The summed E-state index contributed by atoms with van der Waals surface area (Å²) in [7, 11) is 0.257. The van der Waals surface area contributed by atoms with Gasteiger partial charge >= 0.3 is 0 Å². The molecule has 0 N–H and O–H groups in total. The normalized spacial score (nSPS) is 11.9. The lowest BCUT2D eigenvalue weighted by atomic mass is 10.2. The number of hydrogen-bond acceptors (Lipinski definition) is 6. The average Bonchev–Trinajstić information content (AvgIpc) is 3.06. The summed E-state index contributed by atoms with van der Waals surface area (Å²) in [5.41, 5.74) is 0.761. The molecule has 0 aliphatic rings. The first kappa shape index (κ1) is 20.7. The van der Waals surface area contributed by atoms with Gasteiger partial charge in [0.15, 0.2) is 15.0 Å². The minimum atomic E-state index is -3.55. The highest BCUT2D eigenvalue weighted by atomic mass is 35.5. The Morgan fingerprint density at radius 2 is 1.82 bits per heavy atom. The van der Waals surface area contributed by atoms with Gasteiger partial charge in [-0.3, -0.25) is 9.69 Å². The first-order chi connectivity index (χ1) is 13.2. The van der Waals surface area contributed by atoms with Gasteiger partial charge in [-0.2, -0.15) is 0 Å². The maximum Gasteiger partial charge on any atom is 0.261 e. The van der Waals surface area contributed by atoms with E-state index >= 15 is 0 Å². The molecule has 0 spiro atoms. The van der Waals surface area contributed by atoms with Crippen LogP contribution in [0.3, 0.4) is 0 Å². The summed E-state index contributed by atoms with van der Waals surface area (Å²) in [6.07, 6.45) is 1.10. The van der Waals surface area contributed by atoms with E-state index in [0.29, 0.717) is 28.8 Å². The first-order valence-corrected chi connectivity index (χ1v) is 11.6. The number of anilines is 1. The van der Waals surface area contributed by atoms with Gasteiger partial charge in [-0.15, -0.1) is 0 Å². The number of carbonyl (C=O) groups excluding carboxylic acids is 1. The number of para-hydroxylation sites is 1. The number of sulfone groups is 1. The summed E-state index contributed by atoms with van der Waals surface area (Å²) in [5.74, 6) is -0.405. The molecule has 0 radical (unpaired) electrons. The molecule has 0 aliphatic carbocycles. The van der Waals surface area contributed by atoms with Crippen LogP contribution in [0.2, 0.25) is 5.02 Å². The lowest BCUT2D eigenvalue weighted by Gasteiger charge is -2.22. The number of likely N-dealkylation sites (N-methyl/N-ethyl adjacent to an activating group) is 1. The zero-order chi connectivity index (χ0) is 20.5. The summed E-state index contributed by atoms with van der Waals surface area (Å²) in [6.45, 7) is 0.956. The van der Waals surface area contributed by atoms with E-state index in [2.05, 4.69) is 4.98 Å². The molecule has 1 aromatic heterocycles. The molecule has 1 amide bonds. The number of hydrogen-bond donors (Lipinski definition) is 0. The van der Waals surface area contributed by atoms with Gasteiger partial charge in [-0.1, -0.05) is 41.1 Å². The van der Waals surface area contributed by atoms with Crippen LogP contribution in [0.1, 0.15) is 10.4 Å². The Hall–Kier alpha value is -2.00.